The second kappa shape index (κ2) is 6.01. The van der Waals surface area contributed by atoms with E-state index in [-0.39, 0.29) is 11.8 Å². The Morgan fingerprint density at radius 1 is 1.37 bits per heavy atom. The largest absolute Gasteiger partial charge is 0.337 e. The van der Waals surface area contributed by atoms with Crippen LogP contribution in [0.2, 0.25) is 5.15 Å². The summed E-state index contributed by atoms with van der Waals surface area (Å²) < 4.78 is 11.3. The number of carbonyl (C=O) groups excluding carboxylic acids is 1. The summed E-state index contributed by atoms with van der Waals surface area (Å²) in [7, 11) is -0.782. The van der Waals surface area contributed by atoms with E-state index in [0.717, 1.165) is 5.69 Å². The van der Waals surface area contributed by atoms with Crippen molar-refractivity contribution in [1.29, 1.82) is 0 Å². The van der Waals surface area contributed by atoms with Crippen molar-refractivity contribution < 1.29 is 9.00 Å². The van der Waals surface area contributed by atoms with E-state index >= 15 is 0 Å². The third kappa shape index (κ3) is 3.54. The standard InChI is InChI=1S/C13H17ClN2O2S/c1-9(2)11-7-10(8-12(14)15-11)13(17)16-3-5-19(18)6-4-16/h7-9H,3-6H2,1-2H3. The van der Waals surface area contributed by atoms with Gasteiger partial charge in [-0.3, -0.25) is 9.00 Å². The van der Waals surface area contributed by atoms with Crippen molar-refractivity contribution in [3.63, 3.8) is 0 Å². The Kier molecular flexibility index (Phi) is 4.58. The Morgan fingerprint density at radius 2 is 2.00 bits per heavy atom. The van der Waals surface area contributed by atoms with Crippen LogP contribution in [0.3, 0.4) is 0 Å². The minimum absolute atomic E-state index is 0.0529. The monoisotopic (exact) mass is 300 g/mol. The van der Waals surface area contributed by atoms with Crippen LogP contribution in [-0.2, 0) is 10.8 Å². The van der Waals surface area contributed by atoms with Gasteiger partial charge in [0.1, 0.15) is 5.15 Å². The van der Waals surface area contributed by atoms with Crippen molar-refractivity contribution in [3.05, 3.63) is 28.5 Å². The molecule has 0 saturated carbocycles. The van der Waals surface area contributed by atoms with Crippen molar-refractivity contribution in [2.24, 2.45) is 0 Å². The van der Waals surface area contributed by atoms with Gasteiger partial charge in [0.05, 0.1) is 0 Å². The highest BCUT2D eigenvalue weighted by Gasteiger charge is 2.22. The molecule has 1 fully saturated rings. The van der Waals surface area contributed by atoms with Gasteiger partial charge in [-0.1, -0.05) is 25.4 Å². The molecule has 2 heterocycles. The molecule has 104 valence electrons. The van der Waals surface area contributed by atoms with Gasteiger partial charge in [-0.25, -0.2) is 4.98 Å². The summed E-state index contributed by atoms with van der Waals surface area (Å²) >= 11 is 5.97. The van der Waals surface area contributed by atoms with Crippen LogP contribution < -0.4 is 0 Å². The van der Waals surface area contributed by atoms with E-state index in [0.29, 0.717) is 35.3 Å². The van der Waals surface area contributed by atoms with Crippen molar-refractivity contribution in [3.8, 4) is 0 Å². The molecule has 4 nitrogen and oxygen atoms in total. The van der Waals surface area contributed by atoms with E-state index in [9.17, 15) is 9.00 Å². The molecule has 1 aromatic rings. The van der Waals surface area contributed by atoms with E-state index in [1.54, 1.807) is 17.0 Å². The first-order chi connectivity index (χ1) is 8.97. The topological polar surface area (TPSA) is 50.3 Å². The number of halogens is 1. The quantitative estimate of drug-likeness (QED) is 0.786. The molecule has 0 unspecified atom stereocenters. The highest BCUT2D eigenvalue weighted by Crippen LogP contribution is 2.19. The maximum Gasteiger partial charge on any atom is 0.254 e. The zero-order valence-corrected chi connectivity index (χ0v) is 12.6. The lowest BCUT2D eigenvalue weighted by Crippen LogP contribution is -2.41. The van der Waals surface area contributed by atoms with Gasteiger partial charge >= 0.3 is 0 Å². The lowest BCUT2D eigenvalue weighted by molar-refractivity contribution is 0.0771. The molecule has 6 heteroatoms. The maximum absolute atomic E-state index is 12.4. The molecule has 0 aromatic carbocycles. The predicted octanol–water partition coefficient (Wildman–Crippen LogP) is 2.06. The number of hydrogen-bond acceptors (Lipinski definition) is 3. The highest BCUT2D eigenvalue weighted by atomic mass is 35.5. The van der Waals surface area contributed by atoms with Crippen LogP contribution in [0.4, 0.5) is 0 Å². The first-order valence-corrected chi connectivity index (χ1v) is 8.15. The Hall–Kier alpha value is -0.940. The van der Waals surface area contributed by atoms with Gasteiger partial charge in [0, 0.05) is 46.7 Å². The predicted molar refractivity (Wildman–Crippen MR) is 77.1 cm³/mol. The SMILES string of the molecule is CC(C)c1cc(C(=O)N2CCS(=O)CC2)cc(Cl)n1. The minimum Gasteiger partial charge on any atom is -0.337 e. The first-order valence-electron chi connectivity index (χ1n) is 6.29. The third-order valence-electron chi connectivity index (χ3n) is 3.12. The van der Waals surface area contributed by atoms with Gasteiger partial charge in [0.15, 0.2) is 0 Å². The van der Waals surface area contributed by atoms with Crippen LogP contribution in [0.25, 0.3) is 0 Å². The first kappa shape index (κ1) is 14.5. The molecular formula is C13H17ClN2O2S. The van der Waals surface area contributed by atoms with Crippen LogP contribution in [-0.4, -0.2) is 44.6 Å². The fourth-order valence-electron chi connectivity index (χ4n) is 1.96. The molecule has 1 saturated heterocycles. The number of pyridine rings is 1. The van der Waals surface area contributed by atoms with E-state index in [1.807, 2.05) is 13.8 Å². The zero-order chi connectivity index (χ0) is 14.0. The number of carbonyl (C=O) groups is 1. The van der Waals surface area contributed by atoms with E-state index in [2.05, 4.69) is 4.98 Å². The van der Waals surface area contributed by atoms with Crippen molar-refractivity contribution in [2.75, 3.05) is 24.6 Å². The summed E-state index contributed by atoms with van der Waals surface area (Å²) in [5.74, 6) is 1.28. The molecule has 1 aliphatic heterocycles. The Morgan fingerprint density at radius 3 is 2.58 bits per heavy atom. The average molecular weight is 301 g/mol. The third-order valence-corrected chi connectivity index (χ3v) is 4.59. The Labute approximate surface area is 120 Å². The smallest absolute Gasteiger partial charge is 0.254 e. The molecule has 0 radical (unpaired) electrons. The van der Waals surface area contributed by atoms with E-state index in [1.165, 1.54) is 0 Å². The van der Waals surface area contributed by atoms with Crippen LogP contribution in [0.15, 0.2) is 12.1 Å². The highest BCUT2D eigenvalue weighted by molar-refractivity contribution is 7.85. The molecule has 0 atom stereocenters. The summed E-state index contributed by atoms with van der Waals surface area (Å²) in [6, 6.07) is 3.39. The number of rotatable bonds is 2. The summed E-state index contributed by atoms with van der Waals surface area (Å²) in [6.45, 7) is 5.11. The van der Waals surface area contributed by atoms with Gasteiger partial charge in [0.25, 0.3) is 5.91 Å². The number of nitrogens with zero attached hydrogens (tertiary/aromatic N) is 2. The molecular weight excluding hydrogens is 284 g/mol. The van der Waals surface area contributed by atoms with Gasteiger partial charge in [-0.2, -0.15) is 0 Å². The molecule has 1 aliphatic rings. The minimum atomic E-state index is -0.782. The maximum atomic E-state index is 12.4. The zero-order valence-electron chi connectivity index (χ0n) is 11.1. The second-order valence-electron chi connectivity index (χ2n) is 4.90. The lowest BCUT2D eigenvalue weighted by atomic mass is 10.1. The van der Waals surface area contributed by atoms with Gasteiger partial charge in [-0.15, -0.1) is 0 Å². The van der Waals surface area contributed by atoms with Crippen molar-refractivity contribution in [1.82, 2.24) is 9.88 Å². The second-order valence-corrected chi connectivity index (χ2v) is 6.98. The Bertz CT molecular complexity index is 509. The average Bonchev–Trinajstić information content (AvgIpc) is 2.38. The molecule has 1 amide bonds. The number of hydrogen-bond donors (Lipinski definition) is 0. The van der Waals surface area contributed by atoms with Crippen LogP contribution in [0.5, 0.6) is 0 Å². The summed E-state index contributed by atoms with van der Waals surface area (Å²) in [5, 5.41) is 0.343. The fourth-order valence-corrected chi connectivity index (χ4v) is 3.23. The van der Waals surface area contributed by atoms with Gasteiger partial charge < -0.3 is 4.90 Å². The molecule has 0 spiro atoms. The number of aromatic nitrogens is 1. The Balaban J connectivity index is 2.21. The summed E-state index contributed by atoms with van der Waals surface area (Å²) in [6.07, 6.45) is 0. The van der Waals surface area contributed by atoms with Gasteiger partial charge in [-0.05, 0) is 18.1 Å². The fraction of sp³-hybridized carbons (Fsp3) is 0.538. The van der Waals surface area contributed by atoms with Gasteiger partial charge in [0.2, 0.25) is 0 Å². The van der Waals surface area contributed by atoms with E-state index < -0.39 is 10.8 Å². The summed E-state index contributed by atoms with van der Waals surface area (Å²) in [5.41, 5.74) is 1.38. The van der Waals surface area contributed by atoms with Crippen molar-refractivity contribution in [2.45, 2.75) is 19.8 Å². The lowest BCUT2D eigenvalue weighted by Gasteiger charge is -2.26. The molecule has 2 rings (SSSR count). The normalized spacial score (nSPS) is 16.9. The molecule has 0 aliphatic carbocycles. The molecule has 0 bridgehead atoms. The van der Waals surface area contributed by atoms with E-state index in [4.69, 9.17) is 11.6 Å². The van der Waals surface area contributed by atoms with Crippen molar-refractivity contribution >= 4 is 28.3 Å². The summed E-state index contributed by atoms with van der Waals surface area (Å²) in [4.78, 5) is 18.3. The van der Waals surface area contributed by atoms with Crippen LogP contribution >= 0.6 is 11.6 Å². The van der Waals surface area contributed by atoms with Crippen LogP contribution in [0.1, 0.15) is 35.8 Å². The number of amides is 1. The molecule has 0 N–H and O–H groups in total. The molecule has 1 aromatic heterocycles. The van der Waals surface area contributed by atoms with Crippen LogP contribution in [0, 0.1) is 0 Å². The molecule has 19 heavy (non-hydrogen) atoms.